The smallest absolute Gasteiger partial charge is 0.250 e. The molecule has 0 aliphatic carbocycles. The fraction of sp³-hybridized carbons (Fsp3) is 0. The van der Waals surface area contributed by atoms with Gasteiger partial charge in [0.05, 0.1) is 5.56 Å². The fourth-order valence-corrected chi connectivity index (χ4v) is 2.71. The van der Waals surface area contributed by atoms with Crippen LogP contribution < -0.4 is 5.69 Å². The highest BCUT2D eigenvalue weighted by atomic mass is 19.1. The predicted molar refractivity (Wildman–Crippen MR) is 86.6 cm³/mol. The number of pyridine rings is 1. The maximum absolute atomic E-state index is 15.0. The fourth-order valence-electron chi connectivity index (χ4n) is 2.71. The average Bonchev–Trinajstić information content (AvgIpc) is 2.97. The van der Waals surface area contributed by atoms with E-state index in [1.807, 2.05) is 0 Å². The van der Waals surface area contributed by atoms with Gasteiger partial charge in [-0.1, -0.05) is 30.3 Å². The van der Waals surface area contributed by atoms with Gasteiger partial charge in [-0.25, -0.2) is 23.1 Å². The Kier molecular flexibility index (Phi) is 3.23. The zero-order valence-corrected chi connectivity index (χ0v) is 12.3. The number of nitrogens with zero attached hydrogens (tertiary/aromatic N) is 2. The molecule has 2 aromatic heterocycles. The molecule has 0 fully saturated rings. The van der Waals surface area contributed by atoms with Crippen molar-refractivity contribution in [3.8, 4) is 22.3 Å². The van der Waals surface area contributed by atoms with Crippen molar-refractivity contribution >= 4 is 5.65 Å². The molecular weight excluding hydrogens is 312 g/mol. The molecule has 4 nitrogen and oxygen atoms in total. The highest BCUT2D eigenvalue weighted by Gasteiger charge is 2.17. The highest BCUT2D eigenvalue weighted by molar-refractivity contribution is 5.74. The number of hydrogen-bond acceptors (Lipinski definition) is 2. The SMILES string of the molecule is O=c1[nH]nc2ccc(-c3ccc(F)c(-c4ccccc4)c3F)cn12. The van der Waals surface area contributed by atoms with Crippen LogP contribution in [0.25, 0.3) is 27.9 Å². The molecule has 4 aromatic rings. The summed E-state index contributed by atoms with van der Waals surface area (Å²) in [6, 6.07) is 14.3. The van der Waals surface area contributed by atoms with Gasteiger partial charge in [-0.3, -0.25) is 0 Å². The lowest BCUT2D eigenvalue weighted by molar-refractivity contribution is 0.592. The Morgan fingerprint density at radius 1 is 0.917 bits per heavy atom. The Balaban J connectivity index is 1.95. The molecule has 24 heavy (non-hydrogen) atoms. The first-order valence-corrected chi connectivity index (χ1v) is 7.26. The number of rotatable bonds is 2. The number of aromatic nitrogens is 3. The Morgan fingerprint density at radius 3 is 2.50 bits per heavy atom. The Morgan fingerprint density at radius 2 is 1.71 bits per heavy atom. The third-order valence-electron chi connectivity index (χ3n) is 3.88. The molecule has 0 saturated heterocycles. The van der Waals surface area contributed by atoms with E-state index in [2.05, 4.69) is 10.2 Å². The van der Waals surface area contributed by atoms with Gasteiger partial charge in [0.25, 0.3) is 0 Å². The summed E-state index contributed by atoms with van der Waals surface area (Å²) in [5, 5.41) is 6.15. The van der Waals surface area contributed by atoms with Crippen LogP contribution in [0.15, 0.2) is 65.6 Å². The molecule has 0 radical (unpaired) electrons. The molecular formula is C18H11F2N3O. The second-order valence-corrected chi connectivity index (χ2v) is 5.32. The van der Waals surface area contributed by atoms with E-state index in [0.717, 1.165) is 0 Å². The van der Waals surface area contributed by atoms with Crippen LogP contribution in [0.5, 0.6) is 0 Å². The Labute approximate surface area is 135 Å². The lowest BCUT2D eigenvalue weighted by Crippen LogP contribution is -2.08. The van der Waals surface area contributed by atoms with Crippen LogP contribution in [0.4, 0.5) is 8.78 Å². The molecule has 2 heterocycles. The van der Waals surface area contributed by atoms with Crippen LogP contribution >= 0.6 is 0 Å². The van der Waals surface area contributed by atoms with E-state index in [0.29, 0.717) is 16.8 Å². The van der Waals surface area contributed by atoms with Crippen molar-refractivity contribution in [3.05, 3.63) is 82.9 Å². The van der Waals surface area contributed by atoms with Crippen molar-refractivity contribution in [2.45, 2.75) is 0 Å². The molecule has 2 aromatic carbocycles. The standard InChI is InChI=1S/C18H11F2N3O/c19-14-8-7-13(17(20)16(14)11-4-2-1-3-5-11)12-6-9-15-21-22-18(24)23(15)10-12/h1-10H,(H,22,24). The van der Waals surface area contributed by atoms with Crippen molar-refractivity contribution < 1.29 is 8.78 Å². The Bertz CT molecular complexity index is 1100. The van der Waals surface area contributed by atoms with Gasteiger partial charge in [0.15, 0.2) is 5.65 Å². The monoisotopic (exact) mass is 323 g/mol. The van der Waals surface area contributed by atoms with Gasteiger partial charge in [0.1, 0.15) is 11.6 Å². The van der Waals surface area contributed by atoms with Crippen LogP contribution in [-0.2, 0) is 0 Å². The summed E-state index contributed by atoms with van der Waals surface area (Å²) in [6.07, 6.45) is 1.48. The summed E-state index contributed by atoms with van der Waals surface area (Å²) in [6.45, 7) is 0. The quantitative estimate of drug-likeness (QED) is 0.612. The van der Waals surface area contributed by atoms with Crippen molar-refractivity contribution in [3.63, 3.8) is 0 Å². The molecule has 0 amide bonds. The average molecular weight is 323 g/mol. The maximum atomic E-state index is 15.0. The van der Waals surface area contributed by atoms with Crippen molar-refractivity contribution in [1.29, 1.82) is 0 Å². The normalized spacial score (nSPS) is 11.1. The number of halogens is 2. The van der Waals surface area contributed by atoms with Gasteiger partial charge in [-0.05, 0) is 29.8 Å². The molecule has 0 saturated carbocycles. The van der Waals surface area contributed by atoms with Crippen molar-refractivity contribution in [2.75, 3.05) is 0 Å². The third-order valence-corrected chi connectivity index (χ3v) is 3.88. The van der Waals surface area contributed by atoms with Gasteiger partial charge in [-0.2, -0.15) is 5.10 Å². The minimum Gasteiger partial charge on any atom is -0.250 e. The number of aromatic amines is 1. The molecule has 0 unspecified atom stereocenters. The van der Waals surface area contributed by atoms with E-state index in [1.165, 1.54) is 22.7 Å². The molecule has 0 bridgehead atoms. The van der Waals surface area contributed by atoms with Crippen LogP contribution in [0.1, 0.15) is 0 Å². The van der Waals surface area contributed by atoms with E-state index in [1.54, 1.807) is 42.5 Å². The number of fused-ring (bicyclic) bond motifs is 1. The molecule has 0 aliphatic rings. The molecule has 4 rings (SSSR count). The number of H-pyrrole nitrogens is 1. The zero-order chi connectivity index (χ0) is 16.7. The first-order valence-electron chi connectivity index (χ1n) is 7.26. The molecule has 118 valence electrons. The van der Waals surface area contributed by atoms with Gasteiger partial charge < -0.3 is 0 Å². The minimum absolute atomic E-state index is 0.0901. The van der Waals surface area contributed by atoms with Crippen LogP contribution in [0, 0.1) is 11.6 Å². The van der Waals surface area contributed by atoms with Crippen LogP contribution in [-0.4, -0.2) is 14.6 Å². The third kappa shape index (κ3) is 2.20. The predicted octanol–water partition coefficient (Wildman–Crippen LogP) is 3.63. The van der Waals surface area contributed by atoms with E-state index in [-0.39, 0.29) is 11.1 Å². The van der Waals surface area contributed by atoms with Gasteiger partial charge in [-0.15, -0.1) is 0 Å². The number of nitrogens with one attached hydrogen (secondary N) is 1. The van der Waals surface area contributed by atoms with Gasteiger partial charge >= 0.3 is 5.69 Å². The summed E-state index contributed by atoms with van der Waals surface area (Å²) >= 11 is 0. The van der Waals surface area contributed by atoms with E-state index >= 15 is 0 Å². The van der Waals surface area contributed by atoms with Crippen LogP contribution in [0.3, 0.4) is 0 Å². The zero-order valence-electron chi connectivity index (χ0n) is 12.3. The first kappa shape index (κ1) is 14.3. The molecule has 0 aliphatic heterocycles. The summed E-state index contributed by atoms with van der Waals surface area (Å²) < 4.78 is 30.4. The highest BCUT2D eigenvalue weighted by Crippen LogP contribution is 2.33. The molecule has 1 N–H and O–H groups in total. The van der Waals surface area contributed by atoms with E-state index in [4.69, 9.17) is 0 Å². The lowest BCUT2D eigenvalue weighted by Gasteiger charge is -2.10. The van der Waals surface area contributed by atoms with Crippen molar-refractivity contribution in [1.82, 2.24) is 14.6 Å². The number of hydrogen-bond donors (Lipinski definition) is 1. The maximum Gasteiger partial charge on any atom is 0.347 e. The largest absolute Gasteiger partial charge is 0.347 e. The molecule has 6 heteroatoms. The molecule has 0 atom stereocenters. The minimum atomic E-state index is -0.669. The molecule has 0 spiro atoms. The summed E-state index contributed by atoms with van der Waals surface area (Å²) in [5.74, 6) is -1.30. The lowest BCUT2D eigenvalue weighted by atomic mass is 9.98. The van der Waals surface area contributed by atoms with Crippen molar-refractivity contribution in [2.24, 2.45) is 0 Å². The second kappa shape index (κ2) is 5.42. The Hall–Kier alpha value is -3.28. The van der Waals surface area contributed by atoms with Crippen LogP contribution in [0.2, 0.25) is 0 Å². The van der Waals surface area contributed by atoms with E-state index < -0.39 is 17.3 Å². The summed E-state index contributed by atoms with van der Waals surface area (Å²) in [4.78, 5) is 11.7. The summed E-state index contributed by atoms with van der Waals surface area (Å²) in [5.41, 5.74) is 1.04. The first-order chi connectivity index (χ1) is 11.6. The van der Waals surface area contributed by atoms with Gasteiger partial charge in [0, 0.05) is 17.3 Å². The number of benzene rings is 2. The second-order valence-electron chi connectivity index (χ2n) is 5.32. The topological polar surface area (TPSA) is 50.2 Å². The van der Waals surface area contributed by atoms with Gasteiger partial charge in [0.2, 0.25) is 0 Å². The summed E-state index contributed by atoms with van der Waals surface area (Å²) in [7, 11) is 0. The van der Waals surface area contributed by atoms with E-state index in [9.17, 15) is 13.6 Å².